The van der Waals surface area contributed by atoms with Gasteiger partial charge in [0, 0.05) is 41.7 Å². The Kier molecular flexibility index (Phi) is 4.31. The lowest BCUT2D eigenvalue weighted by atomic mass is 10.2. The number of amides is 1. The summed E-state index contributed by atoms with van der Waals surface area (Å²) in [5, 5.41) is 17.0. The first kappa shape index (κ1) is 14.0. The van der Waals surface area contributed by atoms with Crippen molar-refractivity contribution in [3.8, 4) is 0 Å². The van der Waals surface area contributed by atoms with E-state index in [4.69, 9.17) is 5.11 Å². The quantitative estimate of drug-likeness (QED) is 0.818. The molecular formula is C13H13N3O3S. The van der Waals surface area contributed by atoms with Gasteiger partial charge in [-0.15, -0.1) is 11.3 Å². The van der Waals surface area contributed by atoms with E-state index in [0.29, 0.717) is 12.1 Å². The number of carboxylic acid groups (broad SMARTS) is 1. The molecule has 104 valence electrons. The number of hydrogen-bond donors (Lipinski definition) is 2. The van der Waals surface area contributed by atoms with Crippen LogP contribution in [0.4, 0.5) is 0 Å². The number of thiophene rings is 1. The van der Waals surface area contributed by atoms with Crippen molar-refractivity contribution in [1.29, 1.82) is 0 Å². The number of aromatic nitrogens is 2. The highest BCUT2D eigenvalue weighted by Gasteiger charge is 2.08. The maximum absolute atomic E-state index is 11.9. The van der Waals surface area contributed by atoms with Crippen LogP contribution in [0.2, 0.25) is 0 Å². The molecule has 0 fully saturated rings. The largest absolute Gasteiger partial charge is 0.478 e. The lowest BCUT2D eigenvalue weighted by Crippen LogP contribution is -2.21. The molecule has 7 heteroatoms. The zero-order chi connectivity index (χ0) is 14.5. The molecule has 2 aromatic rings. The number of hydrogen-bond acceptors (Lipinski definition) is 4. The van der Waals surface area contributed by atoms with Gasteiger partial charge in [0.2, 0.25) is 0 Å². The van der Waals surface area contributed by atoms with Crippen LogP contribution in [-0.4, -0.2) is 26.8 Å². The average Bonchev–Trinajstić information content (AvgIpc) is 3.02. The van der Waals surface area contributed by atoms with Crippen LogP contribution in [-0.2, 0) is 18.4 Å². The van der Waals surface area contributed by atoms with Crippen molar-refractivity contribution in [2.45, 2.75) is 6.54 Å². The number of aryl methyl sites for hydroxylation is 1. The van der Waals surface area contributed by atoms with Gasteiger partial charge in [-0.2, -0.15) is 5.10 Å². The molecule has 0 aliphatic rings. The van der Waals surface area contributed by atoms with Crippen molar-refractivity contribution in [2.75, 3.05) is 0 Å². The van der Waals surface area contributed by atoms with Gasteiger partial charge in [0.15, 0.2) is 0 Å². The highest BCUT2D eigenvalue weighted by atomic mass is 32.1. The van der Waals surface area contributed by atoms with Crippen molar-refractivity contribution >= 4 is 29.3 Å². The molecule has 0 unspecified atom stereocenters. The van der Waals surface area contributed by atoms with E-state index in [2.05, 4.69) is 10.4 Å². The maximum atomic E-state index is 11.9. The third kappa shape index (κ3) is 3.79. The second-order valence-corrected chi connectivity index (χ2v) is 5.06. The summed E-state index contributed by atoms with van der Waals surface area (Å²) in [4.78, 5) is 23.0. The predicted molar refractivity (Wildman–Crippen MR) is 75.4 cm³/mol. The van der Waals surface area contributed by atoms with Crippen molar-refractivity contribution in [3.05, 3.63) is 45.9 Å². The Morgan fingerprint density at radius 2 is 2.35 bits per heavy atom. The molecule has 0 aliphatic heterocycles. The fourth-order valence-electron chi connectivity index (χ4n) is 1.56. The molecule has 0 atom stereocenters. The zero-order valence-electron chi connectivity index (χ0n) is 10.7. The first-order valence-electron chi connectivity index (χ1n) is 5.80. The fourth-order valence-corrected chi connectivity index (χ4v) is 2.34. The van der Waals surface area contributed by atoms with Crippen molar-refractivity contribution < 1.29 is 14.7 Å². The minimum atomic E-state index is -1.01. The Balaban J connectivity index is 1.94. The lowest BCUT2D eigenvalue weighted by Gasteiger charge is -2.00. The van der Waals surface area contributed by atoms with E-state index >= 15 is 0 Å². The lowest BCUT2D eigenvalue weighted by molar-refractivity contribution is -0.131. The summed E-state index contributed by atoms with van der Waals surface area (Å²) >= 11 is 1.32. The van der Waals surface area contributed by atoms with E-state index in [-0.39, 0.29) is 5.91 Å². The number of nitrogens with zero attached hydrogens (tertiary/aromatic N) is 2. The van der Waals surface area contributed by atoms with Crippen molar-refractivity contribution in [3.63, 3.8) is 0 Å². The third-order valence-electron chi connectivity index (χ3n) is 2.48. The number of nitrogens with one attached hydrogen (secondary N) is 1. The highest BCUT2D eigenvalue weighted by Crippen LogP contribution is 2.16. The number of carbonyl (C=O) groups is 2. The van der Waals surface area contributed by atoms with Crippen LogP contribution >= 0.6 is 11.3 Å². The molecule has 0 bridgehead atoms. The SMILES string of the molecule is Cn1cc(CNC(=O)c2csc(C=CC(=O)O)c2)cn1. The number of carbonyl (C=O) groups excluding carboxylic acids is 1. The molecule has 20 heavy (non-hydrogen) atoms. The molecule has 1 amide bonds. The second kappa shape index (κ2) is 6.16. The van der Waals surface area contributed by atoms with Gasteiger partial charge in [-0.25, -0.2) is 4.79 Å². The Labute approximate surface area is 119 Å². The summed E-state index contributed by atoms with van der Waals surface area (Å²) in [7, 11) is 1.81. The van der Waals surface area contributed by atoms with Crippen LogP contribution in [0, 0.1) is 0 Å². The Morgan fingerprint density at radius 1 is 1.55 bits per heavy atom. The Bertz CT molecular complexity index is 657. The summed E-state index contributed by atoms with van der Waals surface area (Å²) in [6, 6.07) is 1.66. The van der Waals surface area contributed by atoms with E-state index in [1.54, 1.807) is 22.3 Å². The molecular weight excluding hydrogens is 278 g/mol. The third-order valence-corrected chi connectivity index (χ3v) is 3.38. The zero-order valence-corrected chi connectivity index (χ0v) is 11.6. The minimum Gasteiger partial charge on any atom is -0.478 e. The molecule has 0 aliphatic carbocycles. The van der Waals surface area contributed by atoms with Gasteiger partial charge < -0.3 is 10.4 Å². The molecule has 6 nitrogen and oxygen atoms in total. The van der Waals surface area contributed by atoms with Crippen LogP contribution in [0.5, 0.6) is 0 Å². The molecule has 2 N–H and O–H groups in total. The van der Waals surface area contributed by atoms with Gasteiger partial charge in [-0.05, 0) is 12.1 Å². The van der Waals surface area contributed by atoms with Crippen LogP contribution in [0.15, 0.2) is 29.9 Å². The van der Waals surface area contributed by atoms with Crippen molar-refractivity contribution in [1.82, 2.24) is 15.1 Å². The summed E-state index contributed by atoms with van der Waals surface area (Å²) in [6.45, 7) is 0.406. The van der Waals surface area contributed by atoms with Crippen LogP contribution in [0.25, 0.3) is 6.08 Å². The number of aliphatic carboxylic acids is 1. The first-order chi connectivity index (χ1) is 9.54. The summed E-state index contributed by atoms with van der Waals surface area (Å²) in [5.41, 5.74) is 1.44. The number of rotatable bonds is 5. The summed E-state index contributed by atoms with van der Waals surface area (Å²) in [6.07, 6.45) is 6.03. The molecule has 2 heterocycles. The minimum absolute atomic E-state index is 0.194. The molecule has 0 spiro atoms. The predicted octanol–water partition coefficient (Wildman–Crippen LogP) is 1.51. The number of carboxylic acids is 1. The van der Waals surface area contributed by atoms with Gasteiger partial charge in [0.05, 0.1) is 11.8 Å². The molecule has 0 saturated carbocycles. The normalized spacial score (nSPS) is 10.8. The second-order valence-electron chi connectivity index (χ2n) is 4.11. The molecule has 0 aromatic carbocycles. The average molecular weight is 291 g/mol. The monoisotopic (exact) mass is 291 g/mol. The van der Waals surface area contributed by atoms with E-state index in [1.807, 2.05) is 13.2 Å². The Hall–Kier alpha value is -2.41. The van der Waals surface area contributed by atoms with Crippen LogP contribution < -0.4 is 5.32 Å². The van der Waals surface area contributed by atoms with Crippen LogP contribution in [0.1, 0.15) is 20.8 Å². The fraction of sp³-hybridized carbons (Fsp3) is 0.154. The Morgan fingerprint density at radius 3 is 3.00 bits per heavy atom. The summed E-state index contributed by atoms with van der Waals surface area (Å²) in [5.74, 6) is -1.21. The summed E-state index contributed by atoms with van der Waals surface area (Å²) < 4.78 is 1.67. The first-order valence-corrected chi connectivity index (χ1v) is 6.68. The van der Waals surface area contributed by atoms with Gasteiger partial charge in [0.25, 0.3) is 5.91 Å². The smallest absolute Gasteiger partial charge is 0.328 e. The highest BCUT2D eigenvalue weighted by molar-refractivity contribution is 7.11. The van der Waals surface area contributed by atoms with E-state index < -0.39 is 5.97 Å². The van der Waals surface area contributed by atoms with Gasteiger partial charge >= 0.3 is 5.97 Å². The van der Waals surface area contributed by atoms with Crippen LogP contribution in [0.3, 0.4) is 0 Å². The van der Waals surface area contributed by atoms with E-state index in [1.165, 1.54) is 17.4 Å². The standard InChI is InChI=1S/C13H13N3O3S/c1-16-7-9(6-15-16)5-14-13(19)10-4-11(20-8-10)2-3-12(17)18/h2-4,6-8H,5H2,1H3,(H,14,19)(H,17,18). The molecule has 2 aromatic heterocycles. The molecule has 0 saturated heterocycles. The molecule has 2 rings (SSSR count). The van der Waals surface area contributed by atoms with E-state index in [9.17, 15) is 9.59 Å². The van der Waals surface area contributed by atoms with Gasteiger partial charge in [-0.1, -0.05) is 0 Å². The van der Waals surface area contributed by atoms with Crippen molar-refractivity contribution in [2.24, 2.45) is 7.05 Å². The van der Waals surface area contributed by atoms with Gasteiger partial charge in [0.1, 0.15) is 0 Å². The van der Waals surface area contributed by atoms with E-state index in [0.717, 1.165) is 16.5 Å². The topological polar surface area (TPSA) is 84.2 Å². The maximum Gasteiger partial charge on any atom is 0.328 e. The van der Waals surface area contributed by atoms with Gasteiger partial charge in [-0.3, -0.25) is 9.48 Å². The molecule has 0 radical (unpaired) electrons.